The Morgan fingerprint density at radius 1 is 1.50 bits per heavy atom. The van der Waals surface area contributed by atoms with Gasteiger partial charge in [0.2, 0.25) is 0 Å². The third kappa shape index (κ3) is 4.20. The lowest BCUT2D eigenvalue weighted by Crippen LogP contribution is -2.42. The third-order valence-corrected chi connectivity index (χ3v) is 3.60. The van der Waals surface area contributed by atoms with Crippen molar-refractivity contribution in [3.05, 3.63) is 30.1 Å². The zero-order valence-corrected chi connectivity index (χ0v) is 12.0. The van der Waals surface area contributed by atoms with Gasteiger partial charge >= 0.3 is 6.03 Å². The van der Waals surface area contributed by atoms with Gasteiger partial charge in [0.1, 0.15) is 0 Å². The minimum Gasteiger partial charge on any atom is -0.381 e. The molecule has 1 saturated heterocycles. The number of hydrogen-bond acceptors (Lipinski definition) is 3. The lowest BCUT2D eigenvalue weighted by Gasteiger charge is -2.31. The molecule has 0 saturated carbocycles. The molecule has 0 aromatic carbocycles. The molecule has 1 aliphatic rings. The van der Waals surface area contributed by atoms with Gasteiger partial charge in [-0.1, -0.05) is 13.0 Å². The monoisotopic (exact) mass is 277 g/mol. The number of aromatic nitrogens is 1. The van der Waals surface area contributed by atoms with Gasteiger partial charge in [-0.25, -0.2) is 4.79 Å². The van der Waals surface area contributed by atoms with E-state index in [4.69, 9.17) is 4.74 Å². The van der Waals surface area contributed by atoms with E-state index in [1.165, 1.54) is 0 Å². The molecule has 5 heteroatoms. The number of urea groups is 1. The highest BCUT2D eigenvalue weighted by molar-refractivity contribution is 5.74. The van der Waals surface area contributed by atoms with E-state index >= 15 is 0 Å². The molecule has 0 bridgehead atoms. The fourth-order valence-electron chi connectivity index (χ4n) is 2.51. The Kier molecular flexibility index (Phi) is 5.80. The molecule has 1 fully saturated rings. The Balaban J connectivity index is 2.05. The maximum Gasteiger partial charge on any atom is 0.315 e. The SMILES string of the molecule is CCCNC(=O)NC(c1cccnc1)C1CCOCC1. The molecule has 20 heavy (non-hydrogen) atoms. The van der Waals surface area contributed by atoms with E-state index < -0.39 is 0 Å². The molecule has 0 spiro atoms. The van der Waals surface area contributed by atoms with Gasteiger partial charge in [0.05, 0.1) is 6.04 Å². The van der Waals surface area contributed by atoms with Gasteiger partial charge < -0.3 is 15.4 Å². The summed E-state index contributed by atoms with van der Waals surface area (Å²) in [6, 6.07) is 3.83. The summed E-state index contributed by atoms with van der Waals surface area (Å²) in [6.45, 7) is 4.26. The zero-order valence-electron chi connectivity index (χ0n) is 12.0. The Morgan fingerprint density at radius 3 is 2.95 bits per heavy atom. The number of carbonyl (C=O) groups excluding carboxylic acids is 1. The van der Waals surface area contributed by atoms with Crippen LogP contribution in [0.3, 0.4) is 0 Å². The van der Waals surface area contributed by atoms with E-state index in [0.29, 0.717) is 12.5 Å². The zero-order chi connectivity index (χ0) is 14.2. The van der Waals surface area contributed by atoms with Crippen molar-refractivity contribution in [3.63, 3.8) is 0 Å². The first-order chi connectivity index (χ1) is 9.81. The summed E-state index contributed by atoms with van der Waals surface area (Å²) in [6.07, 6.45) is 6.45. The van der Waals surface area contributed by atoms with Crippen LogP contribution in [0.5, 0.6) is 0 Å². The van der Waals surface area contributed by atoms with E-state index in [2.05, 4.69) is 15.6 Å². The molecule has 2 N–H and O–H groups in total. The number of pyridine rings is 1. The molecule has 1 unspecified atom stereocenters. The number of hydrogen-bond donors (Lipinski definition) is 2. The summed E-state index contributed by atoms with van der Waals surface area (Å²) in [5.41, 5.74) is 1.06. The third-order valence-electron chi connectivity index (χ3n) is 3.60. The Hall–Kier alpha value is -1.62. The van der Waals surface area contributed by atoms with E-state index in [1.807, 2.05) is 25.3 Å². The molecule has 0 aliphatic carbocycles. The largest absolute Gasteiger partial charge is 0.381 e. The van der Waals surface area contributed by atoms with Crippen molar-refractivity contribution in [2.45, 2.75) is 32.2 Å². The van der Waals surface area contributed by atoms with Gasteiger partial charge in [0, 0.05) is 32.2 Å². The first kappa shape index (κ1) is 14.8. The predicted molar refractivity (Wildman–Crippen MR) is 77.3 cm³/mol. The molecule has 110 valence electrons. The van der Waals surface area contributed by atoms with Crippen molar-refractivity contribution < 1.29 is 9.53 Å². The highest BCUT2D eigenvalue weighted by Gasteiger charge is 2.26. The van der Waals surface area contributed by atoms with Crippen LogP contribution in [-0.4, -0.2) is 30.8 Å². The number of amides is 2. The molecule has 5 nitrogen and oxygen atoms in total. The number of rotatable bonds is 5. The van der Waals surface area contributed by atoms with Gasteiger partial charge in [-0.3, -0.25) is 4.98 Å². The second kappa shape index (κ2) is 7.85. The van der Waals surface area contributed by atoms with Crippen LogP contribution in [0.4, 0.5) is 4.79 Å². The van der Waals surface area contributed by atoms with Gasteiger partial charge in [-0.15, -0.1) is 0 Å². The fourth-order valence-corrected chi connectivity index (χ4v) is 2.51. The summed E-state index contributed by atoms with van der Waals surface area (Å²) in [5.74, 6) is 0.403. The molecule has 1 aliphatic heterocycles. The number of nitrogens with one attached hydrogen (secondary N) is 2. The Morgan fingerprint density at radius 2 is 2.30 bits per heavy atom. The molecule has 2 heterocycles. The van der Waals surface area contributed by atoms with Crippen LogP contribution in [0, 0.1) is 5.92 Å². The smallest absolute Gasteiger partial charge is 0.315 e. The average molecular weight is 277 g/mol. The molecule has 0 radical (unpaired) electrons. The molecule has 1 aromatic rings. The van der Waals surface area contributed by atoms with Gasteiger partial charge in [0.15, 0.2) is 0 Å². The van der Waals surface area contributed by atoms with Crippen LogP contribution in [-0.2, 0) is 4.74 Å². The number of nitrogens with zero attached hydrogens (tertiary/aromatic N) is 1. The number of carbonyl (C=O) groups is 1. The molecule has 1 atom stereocenters. The molecule has 2 amide bonds. The topological polar surface area (TPSA) is 63.2 Å². The second-order valence-corrected chi connectivity index (χ2v) is 5.11. The predicted octanol–water partition coefficient (Wildman–Crippen LogP) is 2.26. The minimum absolute atomic E-state index is 0.00413. The fraction of sp³-hybridized carbons (Fsp3) is 0.600. The van der Waals surface area contributed by atoms with E-state index in [0.717, 1.165) is 38.0 Å². The van der Waals surface area contributed by atoms with Crippen LogP contribution < -0.4 is 10.6 Å². The molecular formula is C15H23N3O2. The second-order valence-electron chi connectivity index (χ2n) is 5.11. The summed E-state index contributed by atoms with van der Waals surface area (Å²) >= 11 is 0. The van der Waals surface area contributed by atoms with Crippen molar-refractivity contribution >= 4 is 6.03 Å². The van der Waals surface area contributed by atoms with Crippen LogP contribution in [0.1, 0.15) is 37.8 Å². The maximum absolute atomic E-state index is 12.0. The average Bonchev–Trinajstić information content (AvgIpc) is 2.52. The standard InChI is InChI=1S/C15H23N3O2/c1-2-7-17-15(19)18-14(12-5-9-20-10-6-12)13-4-3-8-16-11-13/h3-4,8,11-12,14H,2,5-7,9-10H2,1H3,(H2,17,18,19). The van der Waals surface area contributed by atoms with Crippen molar-refractivity contribution in [1.29, 1.82) is 0 Å². The normalized spacial score (nSPS) is 17.4. The summed E-state index contributed by atoms with van der Waals surface area (Å²) in [4.78, 5) is 16.1. The van der Waals surface area contributed by atoms with E-state index in [1.54, 1.807) is 6.20 Å². The first-order valence-corrected chi connectivity index (χ1v) is 7.33. The van der Waals surface area contributed by atoms with Crippen molar-refractivity contribution in [1.82, 2.24) is 15.6 Å². The van der Waals surface area contributed by atoms with E-state index in [9.17, 15) is 4.79 Å². The van der Waals surface area contributed by atoms with Gasteiger partial charge in [-0.05, 0) is 36.8 Å². The first-order valence-electron chi connectivity index (χ1n) is 7.33. The van der Waals surface area contributed by atoms with E-state index in [-0.39, 0.29) is 12.1 Å². The van der Waals surface area contributed by atoms with Crippen LogP contribution in [0.25, 0.3) is 0 Å². The summed E-state index contributed by atoms with van der Waals surface area (Å²) in [7, 11) is 0. The van der Waals surface area contributed by atoms with Crippen LogP contribution in [0.15, 0.2) is 24.5 Å². The van der Waals surface area contributed by atoms with Crippen molar-refractivity contribution in [2.75, 3.05) is 19.8 Å². The number of ether oxygens (including phenoxy) is 1. The highest BCUT2D eigenvalue weighted by atomic mass is 16.5. The summed E-state index contributed by atoms with van der Waals surface area (Å²) in [5, 5.41) is 5.96. The van der Waals surface area contributed by atoms with Crippen molar-refractivity contribution in [3.8, 4) is 0 Å². The van der Waals surface area contributed by atoms with Crippen molar-refractivity contribution in [2.24, 2.45) is 5.92 Å². The lowest BCUT2D eigenvalue weighted by atomic mass is 9.88. The Labute approximate surface area is 120 Å². The highest BCUT2D eigenvalue weighted by Crippen LogP contribution is 2.29. The van der Waals surface area contributed by atoms with Gasteiger partial charge in [-0.2, -0.15) is 0 Å². The van der Waals surface area contributed by atoms with Crippen LogP contribution >= 0.6 is 0 Å². The minimum atomic E-state index is -0.104. The molecule has 1 aromatic heterocycles. The molecular weight excluding hydrogens is 254 g/mol. The Bertz CT molecular complexity index is 405. The van der Waals surface area contributed by atoms with Crippen LogP contribution in [0.2, 0.25) is 0 Å². The quantitative estimate of drug-likeness (QED) is 0.867. The lowest BCUT2D eigenvalue weighted by molar-refractivity contribution is 0.0547. The maximum atomic E-state index is 12.0. The summed E-state index contributed by atoms with van der Waals surface area (Å²) < 4.78 is 5.41. The van der Waals surface area contributed by atoms with Gasteiger partial charge in [0.25, 0.3) is 0 Å². The molecule has 2 rings (SSSR count).